The van der Waals surface area contributed by atoms with Gasteiger partial charge in [0.15, 0.2) is 17.1 Å². The predicted molar refractivity (Wildman–Crippen MR) is 97.6 cm³/mol. The Balaban J connectivity index is 2.18. The summed E-state index contributed by atoms with van der Waals surface area (Å²) in [5.41, 5.74) is 0.876. The molecule has 2 aliphatic rings. The first kappa shape index (κ1) is 17.0. The van der Waals surface area contributed by atoms with Crippen LogP contribution in [0.3, 0.4) is 0 Å². The van der Waals surface area contributed by atoms with E-state index in [-0.39, 0.29) is 33.8 Å². The van der Waals surface area contributed by atoms with Crippen molar-refractivity contribution >= 4 is 16.8 Å². The van der Waals surface area contributed by atoms with E-state index in [1.54, 1.807) is 13.0 Å². The summed E-state index contributed by atoms with van der Waals surface area (Å²) in [5, 5.41) is 22.3. The van der Waals surface area contributed by atoms with Crippen LogP contribution in [0.25, 0.3) is 11.0 Å². The number of aryl methyl sites for hydroxylation is 1. The van der Waals surface area contributed by atoms with E-state index in [2.05, 4.69) is 13.8 Å². The lowest BCUT2D eigenvalue weighted by Crippen LogP contribution is -2.43. The van der Waals surface area contributed by atoms with Crippen LogP contribution in [0.15, 0.2) is 21.8 Å². The normalized spacial score (nSPS) is 24.6. The molecule has 1 heterocycles. The van der Waals surface area contributed by atoms with Gasteiger partial charge >= 0.3 is 0 Å². The summed E-state index contributed by atoms with van der Waals surface area (Å²) >= 11 is 0. The van der Waals surface area contributed by atoms with Crippen molar-refractivity contribution in [3.63, 3.8) is 0 Å². The lowest BCUT2D eigenvalue weighted by Gasteiger charge is -2.49. The Kier molecular flexibility index (Phi) is 3.31. The number of benzene rings is 1. The van der Waals surface area contributed by atoms with Crippen molar-refractivity contribution < 1.29 is 24.2 Å². The summed E-state index contributed by atoms with van der Waals surface area (Å²) in [4.78, 5) is 13.3. The largest absolute Gasteiger partial charge is 0.506 e. The third kappa shape index (κ3) is 1.89. The minimum absolute atomic E-state index is 0.0536. The zero-order valence-corrected chi connectivity index (χ0v) is 15.8. The molecular weight excluding hydrogens is 332 g/mol. The number of hydrogen-bond donors (Lipinski definition) is 2. The summed E-state index contributed by atoms with van der Waals surface area (Å²) in [5.74, 6) is 0.280. The van der Waals surface area contributed by atoms with Crippen molar-refractivity contribution in [2.45, 2.75) is 52.4 Å². The number of rotatable bonds is 1. The Morgan fingerprint density at radius 2 is 1.85 bits per heavy atom. The number of phenols is 2. The number of carbonyl (C=O) groups excluding carboxylic acids is 1. The number of Topliss-reactive ketones (excluding diaryl/α,β-unsaturated/α-hetero) is 1. The van der Waals surface area contributed by atoms with Crippen molar-refractivity contribution in [2.24, 2.45) is 5.41 Å². The molecule has 0 amide bonds. The molecule has 138 valence electrons. The van der Waals surface area contributed by atoms with Crippen LogP contribution in [0.5, 0.6) is 11.5 Å². The van der Waals surface area contributed by atoms with Crippen molar-refractivity contribution in [3.8, 4) is 11.5 Å². The van der Waals surface area contributed by atoms with E-state index in [1.165, 1.54) is 7.11 Å². The summed E-state index contributed by atoms with van der Waals surface area (Å²) < 4.78 is 11.2. The number of ether oxygens (including phenoxy) is 1. The number of furan rings is 1. The van der Waals surface area contributed by atoms with Gasteiger partial charge in [0.2, 0.25) is 5.78 Å². The number of aromatic hydroxyl groups is 2. The molecule has 1 saturated carbocycles. The maximum atomic E-state index is 13.3. The molecule has 26 heavy (non-hydrogen) atoms. The molecule has 0 unspecified atom stereocenters. The second kappa shape index (κ2) is 5.06. The van der Waals surface area contributed by atoms with Gasteiger partial charge in [-0.25, -0.2) is 0 Å². The van der Waals surface area contributed by atoms with Gasteiger partial charge in [0, 0.05) is 11.0 Å². The number of hydrogen-bond acceptors (Lipinski definition) is 5. The van der Waals surface area contributed by atoms with Crippen LogP contribution in [-0.4, -0.2) is 23.1 Å². The first-order chi connectivity index (χ1) is 12.1. The van der Waals surface area contributed by atoms with Crippen molar-refractivity contribution in [1.82, 2.24) is 0 Å². The summed E-state index contributed by atoms with van der Waals surface area (Å²) in [7, 11) is 1.49. The topological polar surface area (TPSA) is 79.9 Å². The minimum atomic E-state index is -0.604. The molecule has 2 aromatic rings. The Bertz CT molecular complexity index is 992. The first-order valence-electron chi connectivity index (χ1n) is 8.96. The van der Waals surface area contributed by atoms with Crippen LogP contribution in [-0.2, 0) is 10.2 Å². The molecule has 0 radical (unpaired) electrons. The van der Waals surface area contributed by atoms with E-state index in [1.807, 2.05) is 6.92 Å². The Labute approximate surface area is 152 Å². The molecule has 1 atom stereocenters. The highest BCUT2D eigenvalue weighted by molar-refractivity contribution is 6.16. The van der Waals surface area contributed by atoms with Gasteiger partial charge in [0.1, 0.15) is 11.5 Å². The van der Waals surface area contributed by atoms with Crippen molar-refractivity contribution in [2.75, 3.05) is 7.11 Å². The zero-order valence-electron chi connectivity index (χ0n) is 15.8. The third-order valence-electron chi connectivity index (χ3n) is 6.17. The van der Waals surface area contributed by atoms with Gasteiger partial charge < -0.3 is 19.4 Å². The number of carbonyl (C=O) groups is 1. The zero-order chi connectivity index (χ0) is 19.0. The minimum Gasteiger partial charge on any atom is -0.506 e. The molecule has 5 nitrogen and oxygen atoms in total. The molecule has 0 bridgehead atoms. The van der Waals surface area contributed by atoms with Gasteiger partial charge in [-0.2, -0.15) is 0 Å². The first-order valence-corrected chi connectivity index (χ1v) is 8.96. The lowest BCUT2D eigenvalue weighted by atomic mass is 9.54. The SMILES string of the molecule is COC1=C2C(C)(C)CCC[C@]2(C)c2c(c(O)c3cc(C)oc3c2O)C1=O. The lowest BCUT2D eigenvalue weighted by molar-refractivity contribution is 0.0903. The molecule has 2 aliphatic carbocycles. The maximum Gasteiger partial charge on any atom is 0.231 e. The quantitative estimate of drug-likeness (QED) is 0.723. The fourth-order valence-corrected chi connectivity index (χ4v) is 5.22. The van der Waals surface area contributed by atoms with Crippen LogP contribution in [0, 0.1) is 12.3 Å². The van der Waals surface area contributed by atoms with Gasteiger partial charge in [-0.1, -0.05) is 27.2 Å². The Hall–Kier alpha value is -2.43. The maximum absolute atomic E-state index is 13.3. The van der Waals surface area contributed by atoms with E-state index < -0.39 is 5.41 Å². The molecule has 1 aromatic carbocycles. The molecule has 5 heteroatoms. The highest BCUT2D eigenvalue weighted by atomic mass is 16.5. The average Bonchev–Trinajstić information content (AvgIpc) is 2.95. The Morgan fingerprint density at radius 3 is 2.50 bits per heavy atom. The highest BCUT2D eigenvalue weighted by Crippen LogP contribution is 2.60. The molecular formula is C21H24O5. The number of ketones is 1. The summed E-state index contributed by atoms with van der Waals surface area (Å²) in [6, 6.07) is 1.64. The van der Waals surface area contributed by atoms with Gasteiger partial charge in [-0.05, 0) is 36.8 Å². The fraction of sp³-hybridized carbons (Fsp3) is 0.476. The van der Waals surface area contributed by atoms with E-state index >= 15 is 0 Å². The van der Waals surface area contributed by atoms with Gasteiger partial charge in [-0.3, -0.25) is 4.79 Å². The molecule has 1 aromatic heterocycles. The second-order valence-electron chi connectivity index (χ2n) is 8.35. The van der Waals surface area contributed by atoms with E-state index in [9.17, 15) is 15.0 Å². The third-order valence-corrected chi connectivity index (χ3v) is 6.17. The van der Waals surface area contributed by atoms with Crippen LogP contribution in [0.1, 0.15) is 61.7 Å². The standard InChI is InChI=1S/C21H24O5/c1-10-9-11-14(22)12-13(16(24)17(11)26-10)21(4)8-6-7-20(2,3)19(21)18(25-5)15(12)23/h9,22,24H,6-8H2,1-5H3/t21-/m1/s1. The molecule has 0 aliphatic heterocycles. The predicted octanol–water partition coefficient (Wildman–Crippen LogP) is 4.72. The van der Waals surface area contributed by atoms with Gasteiger partial charge in [-0.15, -0.1) is 0 Å². The number of allylic oxidation sites excluding steroid dienone is 2. The van der Waals surface area contributed by atoms with Gasteiger partial charge in [0.05, 0.1) is 18.1 Å². The van der Waals surface area contributed by atoms with Crippen molar-refractivity contribution in [3.05, 3.63) is 34.3 Å². The molecule has 2 N–H and O–H groups in total. The van der Waals surface area contributed by atoms with Crippen LogP contribution in [0.4, 0.5) is 0 Å². The number of methoxy groups -OCH3 is 1. The van der Waals surface area contributed by atoms with E-state index in [0.29, 0.717) is 22.5 Å². The molecule has 0 spiro atoms. The average molecular weight is 356 g/mol. The van der Waals surface area contributed by atoms with E-state index in [4.69, 9.17) is 9.15 Å². The van der Waals surface area contributed by atoms with Crippen LogP contribution in [0.2, 0.25) is 0 Å². The smallest absolute Gasteiger partial charge is 0.231 e. The molecule has 0 saturated heterocycles. The van der Waals surface area contributed by atoms with Crippen LogP contribution >= 0.6 is 0 Å². The number of fused-ring (bicyclic) bond motifs is 4. The molecule has 4 rings (SSSR count). The van der Waals surface area contributed by atoms with Crippen LogP contribution < -0.4 is 0 Å². The Morgan fingerprint density at radius 1 is 1.15 bits per heavy atom. The molecule has 1 fully saturated rings. The van der Waals surface area contributed by atoms with E-state index in [0.717, 1.165) is 24.8 Å². The number of phenolic OH excluding ortho intramolecular Hbond substituents is 2. The highest BCUT2D eigenvalue weighted by Gasteiger charge is 2.53. The summed E-state index contributed by atoms with van der Waals surface area (Å²) in [6.07, 6.45) is 2.65. The van der Waals surface area contributed by atoms with Gasteiger partial charge in [0.25, 0.3) is 0 Å². The summed E-state index contributed by atoms with van der Waals surface area (Å²) in [6.45, 7) is 7.97. The second-order valence-corrected chi connectivity index (χ2v) is 8.35. The fourth-order valence-electron chi connectivity index (χ4n) is 5.22. The van der Waals surface area contributed by atoms with Crippen molar-refractivity contribution in [1.29, 1.82) is 0 Å². The monoisotopic (exact) mass is 356 g/mol.